The highest BCUT2D eigenvalue weighted by Gasteiger charge is 2.70. The summed E-state index contributed by atoms with van der Waals surface area (Å²) in [6.45, 7) is 6.29. The van der Waals surface area contributed by atoms with Crippen molar-refractivity contribution in [2.45, 2.75) is 84.0 Å². The number of rotatable bonds is 6. The highest BCUT2D eigenvalue weighted by Crippen LogP contribution is 2.67. The molecule has 5 heteroatoms. The van der Waals surface area contributed by atoms with Gasteiger partial charge in [-0.2, -0.15) is 0 Å². The molecule has 5 nitrogen and oxygen atoms in total. The summed E-state index contributed by atoms with van der Waals surface area (Å²) in [5.41, 5.74) is 1.44. The van der Waals surface area contributed by atoms with Crippen molar-refractivity contribution in [3.63, 3.8) is 0 Å². The minimum absolute atomic E-state index is 0.130. The van der Waals surface area contributed by atoms with E-state index in [1.54, 1.807) is 7.11 Å². The molecule has 0 saturated heterocycles. The van der Waals surface area contributed by atoms with Crippen LogP contribution in [0.15, 0.2) is 11.6 Å². The molecule has 9 atom stereocenters. The van der Waals surface area contributed by atoms with E-state index in [0.29, 0.717) is 23.7 Å². The van der Waals surface area contributed by atoms with Gasteiger partial charge in [0.15, 0.2) is 0 Å². The van der Waals surface area contributed by atoms with Gasteiger partial charge in [0.05, 0.1) is 12.2 Å². The average Bonchev–Trinajstić information content (AvgIpc) is 3.19. The summed E-state index contributed by atoms with van der Waals surface area (Å²) in [5.74, 6) is 1.50. The van der Waals surface area contributed by atoms with Crippen LogP contribution in [0, 0.1) is 34.5 Å². The highest BCUT2D eigenvalue weighted by atomic mass is 16.6. The molecule has 4 aliphatic carbocycles. The van der Waals surface area contributed by atoms with Gasteiger partial charge in [0.1, 0.15) is 6.10 Å². The molecule has 0 aliphatic heterocycles. The second-order valence-electron chi connectivity index (χ2n) is 10.5. The lowest BCUT2D eigenvalue weighted by Gasteiger charge is -2.44. The maximum absolute atomic E-state index is 11.4. The first-order valence-electron chi connectivity index (χ1n) is 11.5. The Morgan fingerprint density at radius 1 is 1.38 bits per heavy atom. The van der Waals surface area contributed by atoms with E-state index in [0.717, 1.165) is 19.3 Å². The van der Waals surface area contributed by atoms with Gasteiger partial charge in [-0.1, -0.05) is 25.5 Å². The van der Waals surface area contributed by atoms with Crippen LogP contribution < -0.4 is 0 Å². The SMILES string of the molecule is COC(C=C1CCC[C@@]2(C)C1CCC2[C@H](C)CO)C12CC1C[C@H](OC(C)=O)C2O. The predicted molar refractivity (Wildman–Crippen MR) is 110 cm³/mol. The topological polar surface area (TPSA) is 76.0 Å². The van der Waals surface area contributed by atoms with Crippen LogP contribution in [0.2, 0.25) is 0 Å². The van der Waals surface area contributed by atoms with Crippen LogP contribution in [0.25, 0.3) is 0 Å². The largest absolute Gasteiger partial charge is 0.460 e. The summed E-state index contributed by atoms with van der Waals surface area (Å²) in [4.78, 5) is 11.4. The number of aliphatic hydroxyl groups excluding tert-OH is 2. The van der Waals surface area contributed by atoms with E-state index >= 15 is 0 Å². The van der Waals surface area contributed by atoms with E-state index in [9.17, 15) is 15.0 Å². The van der Waals surface area contributed by atoms with Gasteiger partial charge in [-0.05, 0) is 74.0 Å². The molecule has 0 aromatic rings. The molecular formula is C24H38O5. The van der Waals surface area contributed by atoms with Crippen molar-refractivity contribution in [1.82, 2.24) is 0 Å². The van der Waals surface area contributed by atoms with Crippen LogP contribution in [0.3, 0.4) is 0 Å². The zero-order valence-corrected chi connectivity index (χ0v) is 18.4. The van der Waals surface area contributed by atoms with Gasteiger partial charge in [-0.25, -0.2) is 0 Å². The monoisotopic (exact) mass is 406 g/mol. The molecule has 4 saturated carbocycles. The fraction of sp³-hybridized carbons (Fsp3) is 0.875. The Bertz CT molecular complexity index is 674. The third kappa shape index (κ3) is 3.28. The summed E-state index contributed by atoms with van der Waals surface area (Å²) >= 11 is 0. The number of ether oxygens (including phenoxy) is 2. The van der Waals surface area contributed by atoms with Gasteiger partial charge in [-0.15, -0.1) is 0 Å². The third-order valence-corrected chi connectivity index (χ3v) is 9.10. The molecule has 0 spiro atoms. The van der Waals surface area contributed by atoms with Crippen molar-refractivity contribution in [2.75, 3.05) is 13.7 Å². The number of allylic oxidation sites excluding steroid dienone is 1. The third-order valence-electron chi connectivity index (χ3n) is 9.10. The van der Waals surface area contributed by atoms with Gasteiger partial charge in [0, 0.05) is 26.1 Å². The molecule has 0 bridgehead atoms. The van der Waals surface area contributed by atoms with Crippen molar-refractivity contribution in [3.8, 4) is 0 Å². The van der Waals surface area contributed by atoms with Crippen LogP contribution >= 0.6 is 0 Å². The van der Waals surface area contributed by atoms with Crippen LogP contribution in [0.5, 0.6) is 0 Å². The van der Waals surface area contributed by atoms with E-state index in [2.05, 4.69) is 19.9 Å². The molecule has 0 aromatic carbocycles. The number of carbonyl (C=O) groups excluding carboxylic acids is 1. The lowest BCUT2D eigenvalue weighted by molar-refractivity contribution is -0.154. The lowest BCUT2D eigenvalue weighted by atomic mass is 9.61. The molecule has 164 valence electrons. The van der Waals surface area contributed by atoms with Crippen molar-refractivity contribution in [1.29, 1.82) is 0 Å². The second-order valence-corrected chi connectivity index (χ2v) is 10.5. The first kappa shape index (κ1) is 21.3. The molecule has 4 fully saturated rings. The standard InChI is InChI=1S/C24H38O5/c1-14(13-25)18-7-8-19-16(6-5-9-23(18,19)3)10-21(28-4)24-12-17(24)11-20(22(24)27)29-15(2)26/h10,14,17-22,25,27H,5-9,11-13H2,1-4H3/t14-,17?,18?,19?,20+,21?,22?,23-,24?/m1/s1. The molecule has 0 radical (unpaired) electrons. The average molecular weight is 407 g/mol. The van der Waals surface area contributed by atoms with E-state index < -0.39 is 12.2 Å². The fourth-order valence-electron chi connectivity index (χ4n) is 7.61. The number of aliphatic hydroxyl groups is 2. The minimum Gasteiger partial charge on any atom is -0.460 e. The van der Waals surface area contributed by atoms with Crippen LogP contribution in [0.4, 0.5) is 0 Å². The summed E-state index contributed by atoms with van der Waals surface area (Å²) in [7, 11) is 1.74. The van der Waals surface area contributed by atoms with E-state index in [4.69, 9.17) is 9.47 Å². The maximum Gasteiger partial charge on any atom is 0.302 e. The summed E-state index contributed by atoms with van der Waals surface area (Å²) in [6, 6.07) is 0. The van der Waals surface area contributed by atoms with E-state index in [1.807, 2.05) is 0 Å². The Labute approximate surface area is 174 Å². The number of hydrogen-bond acceptors (Lipinski definition) is 5. The molecule has 0 aromatic heterocycles. The number of methoxy groups -OCH3 is 1. The zero-order valence-electron chi connectivity index (χ0n) is 18.4. The quantitative estimate of drug-likeness (QED) is 0.522. The van der Waals surface area contributed by atoms with Gasteiger partial charge in [0.25, 0.3) is 0 Å². The molecule has 29 heavy (non-hydrogen) atoms. The maximum atomic E-state index is 11.4. The Kier molecular flexibility index (Phi) is 5.63. The Morgan fingerprint density at radius 3 is 2.79 bits per heavy atom. The van der Waals surface area contributed by atoms with Crippen LogP contribution in [-0.4, -0.2) is 48.2 Å². The minimum atomic E-state index is -0.654. The molecule has 4 rings (SSSR count). The first-order chi connectivity index (χ1) is 13.8. The first-order valence-corrected chi connectivity index (χ1v) is 11.5. The Hall–Kier alpha value is -0.910. The lowest BCUT2D eigenvalue weighted by Crippen LogP contribution is -2.41. The van der Waals surface area contributed by atoms with Crippen molar-refractivity contribution in [2.24, 2.45) is 34.5 Å². The van der Waals surface area contributed by atoms with Crippen LogP contribution in [0.1, 0.15) is 65.7 Å². The molecule has 4 aliphatic rings. The molecule has 2 N–H and O–H groups in total. The normalized spacial score (nSPS) is 46.8. The van der Waals surface area contributed by atoms with Gasteiger partial charge in [-0.3, -0.25) is 4.79 Å². The van der Waals surface area contributed by atoms with Gasteiger partial charge >= 0.3 is 5.97 Å². The fourth-order valence-corrected chi connectivity index (χ4v) is 7.61. The second kappa shape index (κ2) is 7.65. The molecular weight excluding hydrogens is 368 g/mol. The smallest absolute Gasteiger partial charge is 0.302 e. The zero-order chi connectivity index (χ0) is 21.0. The predicted octanol–water partition coefficient (Wildman–Crippen LogP) is 3.48. The van der Waals surface area contributed by atoms with Crippen LogP contribution in [-0.2, 0) is 14.3 Å². The highest BCUT2D eigenvalue weighted by molar-refractivity contribution is 5.66. The van der Waals surface area contributed by atoms with E-state index in [1.165, 1.54) is 38.2 Å². The number of carbonyl (C=O) groups is 1. The molecule has 6 unspecified atom stereocenters. The Morgan fingerprint density at radius 2 is 2.14 bits per heavy atom. The molecule has 0 heterocycles. The van der Waals surface area contributed by atoms with Crippen molar-refractivity contribution >= 4 is 5.97 Å². The van der Waals surface area contributed by atoms with Crippen molar-refractivity contribution < 1.29 is 24.5 Å². The van der Waals surface area contributed by atoms with Gasteiger partial charge in [0.2, 0.25) is 0 Å². The summed E-state index contributed by atoms with van der Waals surface area (Å²) < 4.78 is 11.3. The number of hydrogen-bond donors (Lipinski definition) is 2. The summed E-state index contributed by atoms with van der Waals surface area (Å²) in [5, 5.41) is 20.8. The van der Waals surface area contributed by atoms with Gasteiger partial charge < -0.3 is 19.7 Å². The van der Waals surface area contributed by atoms with Crippen molar-refractivity contribution in [3.05, 3.63) is 11.6 Å². The molecule has 0 amide bonds. The Balaban J connectivity index is 1.56. The number of esters is 1. The number of fused-ring (bicyclic) bond motifs is 2. The van der Waals surface area contributed by atoms with E-state index in [-0.39, 0.29) is 29.5 Å². The summed E-state index contributed by atoms with van der Waals surface area (Å²) in [6.07, 6.45) is 8.70.